The molecule has 1 saturated carbocycles. The van der Waals surface area contributed by atoms with Crippen LogP contribution in [0.2, 0.25) is 5.02 Å². The van der Waals surface area contributed by atoms with Crippen molar-refractivity contribution in [3.05, 3.63) is 45.1 Å². The van der Waals surface area contributed by atoms with Crippen molar-refractivity contribution >= 4 is 92.9 Å². The average Bonchev–Trinajstić information content (AvgIpc) is 3.59. The highest BCUT2D eigenvalue weighted by Gasteiger charge is 2.54. The maximum atomic E-state index is 13.7. The number of aromatic hydroxyl groups is 2. The number of nitrogens with two attached hydrogens (primary N) is 1. The summed E-state index contributed by atoms with van der Waals surface area (Å²) in [5.74, 6) is -12.0. The van der Waals surface area contributed by atoms with Gasteiger partial charge in [-0.2, -0.15) is 24.9 Å². The Hall–Kier alpha value is -5.08. The first-order chi connectivity index (χ1) is 27.5. The molecule has 1 aliphatic carbocycles. The first-order valence-electron chi connectivity index (χ1n) is 16.7. The Morgan fingerprint density at radius 1 is 1.14 bits per heavy atom. The number of nitrogen functional groups attached to an aromatic ring is 1. The Bertz CT molecular complexity index is 2050. The van der Waals surface area contributed by atoms with E-state index in [4.69, 9.17) is 32.1 Å². The Morgan fingerprint density at radius 3 is 2.34 bits per heavy atom. The highest BCUT2D eigenvalue weighted by Crippen LogP contribution is 2.42. The van der Waals surface area contributed by atoms with Gasteiger partial charge < -0.3 is 46.7 Å². The van der Waals surface area contributed by atoms with E-state index in [0.29, 0.717) is 11.3 Å². The number of fused-ring (bicyclic) bond motifs is 1. The van der Waals surface area contributed by atoms with Crippen LogP contribution in [0.3, 0.4) is 0 Å². The Labute approximate surface area is 346 Å². The maximum absolute atomic E-state index is 13.7. The summed E-state index contributed by atoms with van der Waals surface area (Å²) in [6, 6.07) is 1.17. The molecule has 3 heterocycles. The second kappa shape index (κ2) is 19.3. The molecule has 59 heavy (non-hydrogen) atoms. The van der Waals surface area contributed by atoms with Crippen molar-refractivity contribution in [1.82, 2.24) is 20.5 Å². The number of carbonyl (C=O) groups is 6. The largest absolute Gasteiger partial charge is 0.504 e. The van der Waals surface area contributed by atoms with Crippen LogP contribution in [0.15, 0.2) is 33.9 Å². The van der Waals surface area contributed by atoms with Gasteiger partial charge in [0.25, 0.3) is 17.7 Å². The van der Waals surface area contributed by atoms with Gasteiger partial charge in [-0.3, -0.25) is 19.3 Å². The molecule has 27 heteroatoms. The molecule has 1 saturated heterocycles. The maximum Gasteiger partial charge on any atom is 0.490 e. The van der Waals surface area contributed by atoms with Crippen molar-refractivity contribution in [1.29, 1.82) is 0 Å². The number of oxime groups is 1. The molecular formula is C32H32ClF5N6O12S3. The number of phenols is 2. The monoisotopic (exact) mass is 918 g/mol. The van der Waals surface area contributed by atoms with Crippen molar-refractivity contribution in [2.24, 2.45) is 11.1 Å². The average molecular weight is 919 g/mol. The van der Waals surface area contributed by atoms with Crippen molar-refractivity contribution in [2.75, 3.05) is 29.5 Å². The highest BCUT2D eigenvalue weighted by atomic mass is 35.5. The van der Waals surface area contributed by atoms with E-state index < -0.39 is 101 Å². The number of benzene rings is 1. The van der Waals surface area contributed by atoms with Crippen molar-refractivity contribution < 1.29 is 81.1 Å². The number of rotatable bonds is 14. The summed E-state index contributed by atoms with van der Waals surface area (Å²) in [6.45, 7) is 0.145. The number of carbonyl (C=O) groups excluding carboxylic acids is 3. The van der Waals surface area contributed by atoms with Gasteiger partial charge in [-0.15, -0.1) is 23.1 Å². The van der Waals surface area contributed by atoms with E-state index in [1.54, 1.807) is 0 Å². The minimum atomic E-state index is -5.08. The number of aromatic nitrogens is 1. The zero-order valence-electron chi connectivity index (χ0n) is 29.7. The van der Waals surface area contributed by atoms with Gasteiger partial charge in [-0.05, 0) is 30.5 Å². The SMILES string of the molecule is Nc1nc(/C(=N/OC(C(=O)O)C2CCC(F)(F)CC2)C(=O)N[C@@H]2C(=O)N3C(C(=O)O)=C(CSCCNC(=O)c4ccc(O)c(O)c4Cl)CS[C@H]23)cs1.O=C(O)C(F)(F)F. The molecule has 2 fully saturated rings. The van der Waals surface area contributed by atoms with E-state index in [0.717, 1.165) is 22.3 Å². The Balaban J connectivity index is 0.00000101. The van der Waals surface area contributed by atoms with E-state index >= 15 is 0 Å². The number of β-lactam (4-membered cyclic amide) rings is 1. The van der Waals surface area contributed by atoms with Crippen LogP contribution >= 0.6 is 46.5 Å². The molecule has 0 spiro atoms. The normalized spacial score (nSPS) is 19.7. The van der Waals surface area contributed by atoms with E-state index in [2.05, 4.69) is 20.8 Å². The topological polar surface area (TPSA) is 291 Å². The van der Waals surface area contributed by atoms with Crippen LogP contribution in [0, 0.1) is 5.92 Å². The lowest BCUT2D eigenvalue weighted by atomic mass is 9.83. The zero-order valence-corrected chi connectivity index (χ0v) is 32.9. The lowest BCUT2D eigenvalue weighted by molar-refractivity contribution is -0.192. The number of halogens is 6. The minimum Gasteiger partial charge on any atom is -0.504 e. The highest BCUT2D eigenvalue weighted by molar-refractivity contribution is 8.01. The number of aliphatic carboxylic acids is 3. The van der Waals surface area contributed by atoms with E-state index in [9.17, 15) is 66.4 Å². The molecule has 1 aromatic carbocycles. The van der Waals surface area contributed by atoms with Gasteiger partial charge in [0.2, 0.25) is 12.0 Å². The number of alkyl halides is 5. The summed E-state index contributed by atoms with van der Waals surface area (Å²) in [4.78, 5) is 82.7. The third-order valence-corrected chi connectivity index (χ3v) is 12.0. The first-order valence-corrected chi connectivity index (χ1v) is 20.1. The molecule has 3 amide bonds. The van der Waals surface area contributed by atoms with Crippen molar-refractivity contribution in [3.63, 3.8) is 0 Å². The fourth-order valence-corrected chi connectivity index (χ4v) is 8.81. The summed E-state index contributed by atoms with van der Waals surface area (Å²) in [5, 5.41) is 55.3. The van der Waals surface area contributed by atoms with Gasteiger partial charge in [0.05, 0.1) is 10.6 Å². The number of carboxylic acids is 3. The number of carboxylic acid groups (broad SMARTS) is 3. The molecule has 1 aromatic heterocycles. The predicted molar refractivity (Wildman–Crippen MR) is 200 cm³/mol. The third-order valence-electron chi connectivity index (χ3n) is 8.60. The van der Waals surface area contributed by atoms with Crippen LogP contribution in [0.1, 0.15) is 41.7 Å². The molecule has 18 nitrogen and oxygen atoms in total. The minimum absolute atomic E-state index is 0.0413. The van der Waals surface area contributed by atoms with Crippen LogP contribution in [0.25, 0.3) is 0 Å². The number of nitrogens with zero attached hydrogens (tertiary/aromatic N) is 3. The van der Waals surface area contributed by atoms with Crippen molar-refractivity contribution in [2.45, 2.75) is 55.3 Å². The number of thioether (sulfide) groups is 2. The molecular weight excluding hydrogens is 887 g/mol. The molecule has 9 N–H and O–H groups in total. The molecule has 2 aliphatic heterocycles. The Kier molecular flexibility index (Phi) is 15.3. The predicted octanol–water partition coefficient (Wildman–Crippen LogP) is 3.32. The number of hydrogen-bond donors (Lipinski definition) is 8. The second-order valence-corrected chi connectivity index (χ2v) is 16.1. The molecule has 3 atom stereocenters. The van der Waals surface area contributed by atoms with Crippen LogP contribution in [-0.4, -0.2) is 130 Å². The van der Waals surface area contributed by atoms with Crippen LogP contribution in [-0.2, 0) is 28.8 Å². The number of nitrogens with one attached hydrogen (secondary N) is 2. The number of amides is 3. The molecule has 1 unspecified atom stereocenters. The van der Waals surface area contributed by atoms with Gasteiger partial charge >= 0.3 is 24.1 Å². The van der Waals surface area contributed by atoms with Gasteiger partial charge in [-0.1, -0.05) is 16.8 Å². The second-order valence-electron chi connectivity index (χ2n) is 12.6. The smallest absolute Gasteiger partial charge is 0.490 e. The fraction of sp³-hybridized carbons (Fsp3) is 0.438. The van der Waals surface area contributed by atoms with Crippen LogP contribution < -0.4 is 16.4 Å². The number of anilines is 1. The molecule has 0 radical (unpaired) electrons. The summed E-state index contributed by atoms with van der Waals surface area (Å²) in [5.41, 5.74) is 5.25. The molecule has 5 rings (SSSR count). The molecule has 322 valence electrons. The van der Waals surface area contributed by atoms with Gasteiger partial charge in [-0.25, -0.2) is 28.1 Å². The van der Waals surface area contributed by atoms with E-state index in [1.807, 2.05) is 0 Å². The van der Waals surface area contributed by atoms with Crippen LogP contribution in [0.4, 0.5) is 27.1 Å². The standard InChI is InChI=1S/C30H31ClF2N6O10S3.C2HF3O2/c31-17-14(1-2-16(40)21(17)41)23(42)35-7-8-50-9-13-10-51-26-19(25(44)39(26)20(13)27(45)46)37-24(43)18(15-11-52-29(34)36-15)38-49-22(28(47)48)12-3-5-30(32,33)6-4-12;3-2(4,5)1(6)7/h1-2,11-12,19,22,26,40-41H,3-10H2,(H2,34,36)(H,35,42)(H,37,43)(H,45,46)(H,47,48);(H,6,7)/b38-18-;/t19-,22?,26-;/m1./s1. The third kappa shape index (κ3) is 11.6. The van der Waals surface area contributed by atoms with Crippen LogP contribution in [0.5, 0.6) is 11.5 Å². The van der Waals surface area contributed by atoms with Crippen molar-refractivity contribution in [3.8, 4) is 11.5 Å². The Morgan fingerprint density at radius 2 is 1.78 bits per heavy atom. The van der Waals surface area contributed by atoms with E-state index in [1.165, 1.54) is 35.0 Å². The molecule has 0 bridgehead atoms. The summed E-state index contributed by atoms with van der Waals surface area (Å²) in [6.07, 6.45) is -8.07. The molecule has 3 aliphatic rings. The van der Waals surface area contributed by atoms with Gasteiger partial charge in [0.15, 0.2) is 22.3 Å². The zero-order chi connectivity index (χ0) is 44.0. The fourth-order valence-electron chi connectivity index (χ4n) is 5.67. The number of phenolic OH excluding ortho intramolecular Hbond substituents is 2. The number of hydrogen-bond acceptors (Lipinski definition) is 15. The molecule has 2 aromatic rings. The van der Waals surface area contributed by atoms with E-state index in [-0.39, 0.29) is 58.0 Å². The number of thiazole rings is 1. The summed E-state index contributed by atoms with van der Waals surface area (Å²) < 4.78 is 59.1. The summed E-state index contributed by atoms with van der Waals surface area (Å²) >= 11 is 9.36. The van der Waals surface area contributed by atoms with Gasteiger partial charge in [0.1, 0.15) is 22.8 Å². The quantitative estimate of drug-likeness (QED) is 0.0337. The van der Waals surface area contributed by atoms with Gasteiger partial charge in [0, 0.05) is 47.9 Å². The lowest BCUT2D eigenvalue weighted by Gasteiger charge is -2.49. The first kappa shape index (κ1) is 46.6. The summed E-state index contributed by atoms with van der Waals surface area (Å²) in [7, 11) is 0. The lowest BCUT2D eigenvalue weighted by Crippen LogP contribution is -2.71.